The summed E-state index contributed by atoms with van der Waals surface area (Å²) in [4.78, 5) is 14.4. The molecule has 1 aliphatic heterocycles. The minimum absolute atomic E-state index is 0.122. The first-order chi connectivity index (χ1) is 11.3. The molecule has 118 valence electrons. The molecule has 0 unspecified atom stereocenters. The standard InChI is InChI=1S/C16H16N4O3/c21-16(13-10-15(23-18-13)14-5-2-9-22-14)19-7-1-4-12(11-19)20-8-3-6-17-20/h2-3,5-6,8-10,12H,1,4,7,11H2/t12-/m1/s1. The van der Waals surface area contributed by atoms with Gasteiger partial charge in [-0.3, -0.25) is 9.48 Å². The first kappa shape index (κ1) is 13.8. The molecule has 4 heterocycles. The lowest BCUT2D eigenvalue weighted by Gasteiger charge is -2.32. The molecule has 0 spiro atoms. The van der Waals surface area contributed by atoms with E-state index < -0.39 is 0 Å². The minimum atomic E-state index is -0.122. The third-order valence-electron chi connectivity index (χ3n) is 4.08. The summed E-state index contributed by atoms with van der Waals surface area (Å²) in [5, 5.41) is 8.16. The van der Waals surface area contributed by atoms with Crippen LogP contribution in [0.3, 0.4) is 0 Å². The van der Waals surface area contributed by atoms with Crippen LogP contribution in [0.15, 0.2) is 51.9 Å². The number of carbonyl (C=O) groups excluding carboxylic acids is 1. The molecule has 1 fully saturated rings. The summed E-state index contributed by atoms with van der Waals surface area (Å²) < 4.78 is 12.4. The lowest BCUT2D eigenvalue weighted by molar-refractivity contribution is 0.0662. The van der Waals surface area contributed by atoms with Gasteiger partial charge in [0.05, 0.1) is 12.3 Å². The van der Waals surface area contributed by atoms with Gasteiger partial charge in [0.25, 0.3) is 5.91 Å². The van der Waals surface area contributed by atoms with Gasteiger partial charge in [0, 0.05) is 31.5 Å². The van der Waals surface area contributed by atoms with Crippen LogP contribution in [0, 0.1) is 0 Å². The number of furan rings is 1. The highest BCUT2D eigenvalue weighted by atomic mass is 16.5. The van der Waals surface area contributed by atoms with Crippen molar-refractivity contribution in [1.29, 1.82) is 0 Å². The maximum absolute atomic E-state index is 12.6. The first-order valence-electron chi connectivity index (χ1n) is 7.60. The van der Waals surface area contributed by atoms with E-state index in [9.17, 15) is 4.79 Å². The fraction of sp³-hybridized carbons (Fsp3) is 0.312. The molecule has 1 atom stereocenters. The Bertz CT molecular complexity index is 776. The van der Waals surface area contributed by atoms with Gasteiger partial charge in [0.1, 0.15) is 0 Å². The Morgan fingerprint density at radius 2 is 2.26 bits per heavy atom. The summed E-state index contributed by atoms with van der Waals surface area (Å²) in [7, 11) is 0. The Labute approximate surface area is 132 Å². The Kier molecular flexibility index (Phi) is 3.45. The summed E-state index contributed by atoms with van der Waals surface area (Å²) in [6, 6.07) is 7.26. The number of piperidine rings is 1. The third-order valence-corrected chi connectivity index (χ3v) is 4.08. The van der Waals surface area contributed by atoms with Crippen molar-refractivity contribution >= 4 is 5.91 Å². The van der Waals surface area contributed by atoms with Crippen molar-refractivity contribution in [2.24, 2.45) is 0 Å². The number of hydrogen-bond donors (Lipinski definition) is 0. The monoisotopic (exact) mass is 312 g/mol. The molecule has 0 N–H and O–H groups in total. The van der Waals surface area contributed by atoms with Crippen LogP contribution in [0.2, 0.25) is 0 Å². The van der Waals surface area contributed by atoms with E-state index in [0.29, 0.717) is 23.8 Å². The van der Waals surface area contributed by atoms with E-state index in [1.165, 1.54) is 0 Å². The second-order valence-corrected chi connectivity index (χ2v) is 5.59. The van der Waals surface area contributed by atoms with Crippen LogP contribution in [0.5, 0.6) is 0 Å². The number of amides is 1. The van der Waals surface area contributed by atoms with Crippen molar-refractivity contribution in [3.05, 3.63) is 48.6 Å². The van der Waals surface area contributed by atoms with Crippen molar-refractivity contribution < 1.29 is 13.7 Å². The smallest absolute Gasteiger partial charge is 0.276 e. The van der Waals surface area contributed by atoms with Gasteiger partial charge >= 0.3 is 0 Å². The zero-order chi connectivity index (χ0) is 15.6. The second-order valence-electron chi connectivity index (χ2n) is 5.59. The summed E-state index contributed by atoms with van der Waals surface area (Å²) in [6.45, 7) is 1.35. The van der Waals surface area contributed by atoms with E-state index in [-0.39, 0.29) is 11.9 Å². The van der Waals surface area contributed by atoms with Crippen LogP contribution in [-0.2, 0) is 0 Å². The quantitative estimate of drug-likeness (QED) is 0.743. The topological polar surface area (TPSA) is 77.3 Å². The number of aromatic nitrogens is 3. The lowest BCUT2D eigenvalue weighted by atomic mass is 10.1. The van der Waals surface area contributed by atoms with Crippen molar-refractivity contribution in [3.8, 4) is 11.5 Å². The number of hydrogen-bond acceptors (Lipinski definition) is 5. The van der Waals surface area contributed by atoms with Crippen LogP contribution >= 0.6 is 0 Å². The molecular weight excluding hydrogens is 296 g/mol. The number of nitrogens with zero attached hydrogens (tertiary/aromatic N) is 4. The summed E-state index contributed by atoms with van der Waals surface area (Å²) in [5.74, 6) is 0.895. The molecule has 0 bridgehead atoms. The third kappa shape index (κ3) is 2.65. The maximum atomic E-state index is 12.6. The van der Waals surface area contributed by atoms with E-state index in [2.05, 4.69) is 10.3 Å². The van der Waals surface area contributed by atoms with Crippen molar-refractivity contribution in [2.75, 3.05) is 13.1 Å². The highest BCUT2D eigenvalue weighted by Crippen LogP contribution is 2.24. The van der Waals surface area contributed by atoms with Gasteiger partial charge in [0.15, 0.2) is 11.5 Å². The normalized spacial score (nSPS) is 18.3. The van der Waals surface area contributed by atoms with Crippen molar-refractivity contribution in [2.45, 2.75) is 18.9 Å². The number of rotatable bonds is 3. The van der Waals surface area contributed by atoms with E-state index in [0.717, 1.165) is 19.4 Å². The molecule has 7 nitrogen and oxygen atoms in total. The molecule has 0 aromatic carbocycles. The van der Waals surface area contributed by atoms with Gasteiger partial charge in [0.2, 0.25) is 5.76 Å². The highest BCUT2D eigenvalue weighted by Gasteiger charge is 2.27. The summed E-state index contributed by atoms with van der Waals surface area (Å²) in [6.07, 6.45) is 7.21. The molecule has 3 aromatic rings. The van der Waals surface area contributed by atoms with Gasteiger partial charge < -0.3 is 13.8 Å². The lowest BCUT2D eigenvalue weighted by Crippen LogP contribution is -2.41. The van der Waals surface area contributed by atoms with Crippen LogP contribution in [-0.4, -0.2) is 38.8 Å². The molecule has 1 saturated heterocycles. The SMILES string of the molecule is O=C(c1cc(-c2ccco2)on1)N1CCC[C@@H](n2cccn2)C1. The fourth-order valence-corrected chi connectivity index (χ4v) is 2.92. The van der Waals surface area contributed by atoms with E-state index in [4.69, 9.17) is 8.94 Å². The molecule has 0 saturated carbocycles. The largest absolute Gasteiger partial charge is 0.461 e. The van der Waals surface area contributed by atoms with Gasteiger partial charge in [-0.05, 0) is 31.0 Å². The van der Waals surface area contributed by atoms with Crippen molar-refractivity contribution in [3.63, 3.8) is 0 Å². The molecule has 23 heavy (non-hydrogen) atoms. The maximum Gasteiger partial charge on any atom is 0.276 e. The molecule has 7 heteroatoms. The molecule has 4 rings (SSSR count). The Balaban J connectivity index is 1.50. The van der Waals surface area contributed by atoms with Gasteiger partial charge in [-0.15, -0.1) is 0 Å². The molecule has 1 aliphatic rings. The zero-order valence-electron chi connectivity index (χ0n) is 12.5. The van der Waals surface area contributed by atoms with Gasteiger partial charge in [-0.25, -0.2) is 0 Å². The van der Waals surface area contributed by atoms with Crippen molar-refractivity contribution in [1.82, 2.24) is 19.8 Å². The zero-order valence-corrected chi connectivity index (χ0v) is 12.5. The molecule has 3 aromatic heterocycles. The predicted molar refractivity (Wildman–Crippen MR) is 80.6 cm³/mol. The Morgan fingerprint density at radius 1 is 1.30 bits per heavy atom. The molecular formula is C16H16N4O3. The molecule has 0 radical (unpaired) electrons. The van der Waals surface area contributed by atoms with E-state index >= 15 is 0 Å². The predicted octanol–water partition coefficient (Wildman–Crippen LogP) is 2.61. The van der Waals surface area contributed by atoms with Gasteiger partial charge in [-0.1, -0.05) is 5.16 Å². The van der Waals surface area contributed by atoms with Crippen LogP contribution in [0.4, 0.5) is 0 Å². The van der Waals surface area contributed by atoms with E-state index in [1.807, 2.05) is 16.9 Å². The summed E-state index contributed by atoms with van der Waals surface area (Å²) in [5.41, 5.74) is 0.303. The van der Waals surface area contributed by atoms with E-state index in [1.54, 1.807) is 35.6 Å². The van der Waals surface area contributed by atoms with Gasteiger partial charge in [-0.2, -0.15) is 5.10 Å². The number of carbonyl (C=O) groups is 1. The van der Waals surface area contributed by atoms with Crippen LogP contribution < -0.4 is 0 Å². The first-order valence-corrected chi connectivity index (χ1v) is 7.60. The Morgan fingerprint density at radius 3 is 3.04 bits per heavy atom. The minimum Gasteiger partial charge on any atom is -0.461 e. The van der Waals surface area contributed by atoms with Crippen LogP contribution in [0.1, 0.15) is 29.4 Å². The molecule has 0 aliphatic carbocycles. The average Bonchev–Trinajstić information content (AvgIpc) is 3.36. The number of likely N-dealkylation sites (tertiary alicyclic amines) is 1. The fourth-order valence-electron chi connectivity index (χ4n) is 2.92. The average molecular weight is 312 g/mol. The summed E-state index contributed by atoms with van der Waals surface area (Å²) >= 11 is 0. The second kappa shape index (κ2) is 5.75. The molecule has 1 amide bonds. The Hall–Kier alpha value is -2.83. The van der Waals surface area contributed by atoms with Crippen LogP contribution in [0.25, 0.3) is 11.5 Å². The highest BCUT2D eigenvalue weighted by molar-refractivity contribution is 5.93.